The Hall–Kier alpha value is -2.09. The van der Waals surface area contributed by atoms with Crippen molar-refractivity contribution in [3.8, 4) is 0 Å². The number of nitrogen functional groups attached to an aromatic ring is 1. The molecule has 0 aliphatic rings. The first-order chi connectivity index (χ1) is 7.75. The number of hydrogen-bond donors (Lipinski definition) is 1. The Morgan fingerprint density at radius 1 is 1.06 bits per heavy atom. The third-order valence-electron chi connectivity index (χ3n) is 2.92. The average Bonchev–Trinajstić information content (AvgIpc) is 2.29. The van der Waals surface area contributed by atoms with Crippen molar-refractivity contribution in [1.29, 1.82) is 0 Å². The highest BCUT2D eigenvalue weighted by Crippen LogP contribution is 2.25. The van der Waals surface area contributed by atoms with E-state index in [1.165, 1.54) is 5.56 Å². The van der Waals surface area contributed by atoms with Gasteiger partial charge in [0, 0.05) is 16.5 Å². The van der Waals surface area contributed by atoms with Crippen LogP contribution in [0.15, 0.2) is 42.5 Å². The van der Waals surface area contributed by atoms with E-state index in [1.807, 2.05) is 24.3 Å². The van der Waals surface area contributed by atoms with Crippen molar-refractivity contribution < 1.29 is 0 Å². The number of fused-ring (bicyclic) bond motifs is 2. The molecule has 0 bridgehead atoms. The van der Waals surface area contributed by atoms with E-state index in [0.29, 0.717) is 0 Å². The topological polar surface area (TPSA) is 38.9 Å². The van der Waals surface area contributed by atoms with E-state index in [1.54, 1.807) is 0 Å². The molecule has 0 spiro atoms. The van der Waals surface area contributed by atoms with Crippen LogP contribution in [-0.2, 0) is 0 Å². The van der Waals surface area contributed by atoms with Gasteiger partial charge in [0.15, 0.2) is 0 Å². The van der Waals surface area contributed by atoms with Gasteiger partial charge in [-0.05, 0) is 30.7 Å². The number of benzene rings is 2. The van der Waals surface area contributed by atoms with E-state index in [4.69, 9.17) is 5.73 Å². The molecule has 2 aromatic carbocycles. The second-order valence-corrected chi connectivity index (χ2v) is 4.05. The van der Waals surface area contributed by atoms with Crippen LogP contribution in [-0.4, -0.2) is 4.98 Å². The van der Waals surface area contributed by atoms with Crippen LogP contribution >= 0.6 is 0 Å². The van der Waals surface area contributed by atoms with Crippen molar-refractivity contribution in [2.45, 2.75) is 6.92 Å². The molecule has 2 nitrogen and oxygen atoms in total. The molecule has 3 rings (SSSR count). The SMILES string of the molecule is Cc1cccc2cc3c(N)cccc3nc12. The molecular formula is C14H12N2. The summed E-state index contributed by atoms with van der Waals surface area (Å²) >= 11 is 0. The maximum absolute atomic E-state index is 5.95. The Morgan fingerprint density at radius 2 is 1.88 bits per heavy atom. The van der Waals surface area contributed by atoms with Gasteiger partial charge in [-0.15, -0.1) is 0 Å². The molecule has 0 saturated heterocycles. The van der Waals surface area contributed by atoms with Gasteiger partial charge in [0.2, 0.25) is 0 Å². The monoisotopic (exact) mass is 208 g/mol. The molecule has 16 heavy (non-hydrogen) atoms. The van der Waals surface area contributed by atoms with Crippen LogP contribution in [0.1, 0.15) is 5.56 Å². The van der Waals surface area contributed by atoms with Crippen LogP contribution in [0.3, 0.4) is 0 Å². The van der Waals surface area contributed by atoms with Crippen LogP contribution in [0.25, 0.3) is 21.8 Å². The maximum Gasteiger partial charge on any atom is 0.0738 e. The summed E-state index contributed by atoms with van der Waals surface area (Å²) in [5, 5.41) is 2.17. The summed E-state index contributed by atoms with van der Waals surface area (Å²) in [6, 6.07) is 14.1. The van der Waals surface area contributed by atoms with Crippen LogP contribution in [0.4, 0.5) is 5.69 Å². The van der Waals surface area contributed by atoms with E-state index in [-0.39, 0.29) is 0 Å². The van der Waals surface area contributed by atoms with Crippen molar-refractivity contribution in [2.24, 2.45) is 0 Å². The molecule has 1 aromatic heterocycles. The number of nitrogens with two attached hydrogens (primary N) is 1. The predicted molar refractivity (Wildman–Crippen MR) is 68.4 cm³/mol. The van der Waals surface area contributed by atoms with Crippen LogP contribution < -0.4 is 5.73 Å². The van der Waals surface area contributed by atoms with Gasteiger partial charge in [-0.25, -0.2) is 4.98 Å². The van der Waals surface area contributed by atoms with Crippen molar-refractivity contribution in [3.63, 3.8) is 0 Å². The highest BCUT2D eigenvalue weighted by Gasteiger charge is 2.03. The van der Waals surface area contributed by atoms with Gasteiger partial charge in [-0.1, -0.05) is 24.3 Å². The zero-order valence-corrected chi connectivity index (χ0v) is 9.07. The molecular weight excluding hydrogens is 196 g/mol. The lowest BCUT2D eigenvalue weighted by atomic mass is 10.1. The molecule has 0 amide bonds. The van der Waals surface area contributed by atoms with Gasteiger partial charge in [0.05, 0.1) is 11.0 Å². The first-order valence-corrected chi connectivity index (χ1v) is 5.30. The lowest BCUT2D eigenvalue weighted by molar-refractivity contribution is 1.42. The quantitative estimate of drug-likeness (QED) is 0.455. The summed E-state index contributed by atoms with van der Waals surface area (Å²) in [6.45, 7) is 2.08. The Bertz CT molecular complexity index is 625. The first kappa shape index (κ1) is 9.16. The second kappa shape index (κ2) is 3.20. The normalized spacial score (nSPS) is 11.1. The molecule has 3 aromatic rings. The molecule has 1 heterocycles. The minimum Gasteiger partial charge on any atom is -0.398 e. The summed E-state index contributed by atoms with van der Waals surface area (Å²) in [6.07, 6.45) is 0. The molecule has 0 radical (unpaired) electrons. The first-order valence-electron chi connectivity index (χ1n) is 5.30. The van der Waals surface area contributed by atoms with Crippen molar-refractivity contribution in [2.75, 3.05) is 5.73 Å². The number of rotatable bonds is 0. The minimum absolute atomic E-state index is 0.786. The molecule has 78 valence electrons. The molecule has 0 atom stereocenters. The van der Waals surface area contributed by atoms with Crippen LogP contribution in [0.5, 0.6) is 0 Å². The van der Waals surface area contributed by atoms with E-state index in [2.05, 4.69) is 30.1 Å². The molecule has 0 aliphatic carbocycles. The summed E-state index contributed by atoms with van der Waals surface area (Å²) in [4.78, 5) is 4.66. The number of pyridine rings is 1. The van der Waals surface area contributed by atoms with Gasteiger partial charge in [-0.2, -0.15) is 0 Å². The number of hydrogen-bond acceptors (Lipinski definition) is 2. The summed E-state index contributed by atoms with van der Waals surface area (Å²) in [7, 11) is 0. The highest BCUT2D eigenvalue weighted by atomic mass is 14.7. The average molecular weight is 208 g/mol. The standard InChI is InChI=1S/C14H12N2/c1-9-4-2-5-10-8-11-12(15)6-3-7-13(11)16-14(9)10/h2-8H,15H2,1H3. The van der Waals surface area contributed by atoms with Crippen LogP contribution in [0.2, 0.25) is 0 Å². The van der Waals surface area contributed by atoms with Crippen molar-refractivity contribution >= 4 is 27.5 Å². The van der Waals surface area contributed by atoms with Gasteiger partial charge < -0.3 is 5.73 Å². The zero-order chi connectivity index (χ0) is 11.1. The number of aryl methyl sites for hydroxylation is 1. The molecule has 0 saturated carbocycles. The number of aromatic nitrogens is 1. The molecule has 0 aliphatic heterocycles. The molecule has 2 N–H and O–H groups in total. The van der Waals surface area contributed by atoms with Gasteiger partial charge in [0.1, 0.15) is 0 Å². The third kappa shape index (κ3) is 1.23. The minimum atomic E-state index is 0.786. The van der Waals surface area contributed by atoms with E-state index < -0.39 is 0 Å². The largest absolute Gasteiger partial charge is 0.398 e. The highest BCUT2D eigenvalue weighted by molar-refractivity contribution is 5.99. The predicted octanol–water partition coefficient (Wildman–Crippen LogP) is 3.28. The maximum atomic E-state index is 5.95. The van der Waals surface area contributed by atoms with Gasteiger partial charge >= 0.3 is 0 Å². The summed E-state index contributed by atoms with van der Waals surface area (Å²) in [5.41, 5.74) is 9.94. The zero-order valence-electron chi connectivity index (χ0n) is 9.07. The van der Waals surface area contributed by atoms with Crippen molar-refractivity contribution in [3.05, 3.63) is 48.0 Å². The molecule has 0 fully saturated rings. The van der Waals surface area contributed by atoms with E-state index in [0.717, 1.165) is 27.5 Å². The Labute approximate surface area is 93.7 Å². The Balaban J connectivity index is 2.54. The number of nitrogens with zero attached hydrogens (tertiary/aromatic N) is 1. The number of para-hydroxylation sites is 1. The summed E-state index contributed by atoms with van der Waals surface area (Å²) in [5.74, 6) is 0. The van der Waals surface area contributed by atoms with Crippen molar-refractivity contribution in [1.82, 2.24) is 4.98 Å². The fraction of sp³-hybridized carbons (Fsp3) is 0.0714. The van der Waals surface area contributed by atoms with Gasteiger partial charge in [-0.3, -0.25) is 0 Å². The van der Waals surface area contributed by atoms with E-state index >= 15 is 0 Å². The van der Waals surface area contributed by atoms with Gasteiger partial charge in [0.25, 0.3) is 0 Å². The lowest BCUT2D eigenvalue weighted by Gasteiger charge is -2.05. The Kier molecular flexibility index (Phi) is 1.83. The second-order valence-electron chi connectivity index (χ2n) is 4.05. The fourth-order valence-corrected chi connectivity index (χ4v) is 2.05. The third-order valence-corrected chi connectivity index (χ3v) is 2.92. The Morgan fingerprint density at radius 3 is 2.75 bits per heavy atom. The lowest BCUT2D eigenvalue weighted by Crippen LogP contribution is -1.90. The van der Waals surface area contributed by atoms with E-state index in [9.17, 15) is 0 Å². The number of anilines is 1. The fourth-order valence-electron chi connectivity index (χ4n) is 2.05. The summed E-state index contributed by atoms with van der Waals surface area (Å²) < 4.78 is 0. The smallest absolute Gasteiger partial charge is 0.0738 e. The van der Waals surface area contributed by atoms with Crippen LogP contribution in [0, 0.1) is 6.92 Å². The molecule has 2 heteroatoms. The molecule has 0 unspecified atom stereocenters.